The molecule has 0 bridgehead atoms. The van der Waals surface area contributed by atoms with Crippen molar-refractivity contribution < 1.29 is 9.90 Å². The molecule has 2 N–H and O–H groups in total. The molecule has 1 aromatic carbocycles. The Morgan fingerprint density at radius 2 is 2.00 bits per heavy atom. The summed E-state index contributed by atoms with van der Waals surface area (Å²) in [7, 11) is 0. The zero-order chi connectivity index (χ0) is 10.7. The molecular formula is C12H15NO2. The highest BCUT2D eigenvalue weighted by Gasteiger charge is 2.26. The molecule has 0 unspecified atom stereocenters. The monoisotopic (exact) mass is 205 g/mol. The molecule has 1 aromatic rings. The van der Waals surface area contributed by atoms with Gasteiger partial charge in [-0.2, -0.15) is 0 Å². The fourth-order valence-electron chi connectivity index (χ4n) is 2.08. The van der Waals surface area contributed by atoms with E-state index >= 15 is 0 Å². The van der Waals surface area contributed by atoms with Crippen LogP contribution in [0.15, 0.2) is 30.3 Å². The third-order valence-electron chi connectivity index (χ3n) is 2.89. The first-order chi connectivity index (χ1) is 7.27. The first-order valence-corrected chi connectivity index (χ1v) is 5.31. The van der Waals surface area contributed by atoms with E-state index in [9.17, 15) is 4.79 Å². The highest BCUT2D eigenvalue weighted by atomic mass is 16.4. The van der Waals surface area contributed by atoms with Gasteiger partial charge in [0, 0.05) is 6.04 Å². The lowest BCUT2D eigenvalue weighted by atomic mass is 9.93. The molecule has 80 valence electrons. The van der Waals surface area contributed by atoms with Gasteiger partial charge in [0.1, 0.15) is 6.04 Å². The van der Waals surface area contributed by atoms with Gasteiger partial charge in [-0.25, -0.2) is 0 Å². The summed E-state index contributed by atoms with van der Waals surface area (Å²) in [4.78, 5) is 10.9. The van der Waals surface area contributed by atoms with Gasteiger partial charge in [-0.15, -0.1) is 0 Å². The third-order valence-corrected chi connectivity index (χ3v) is 2.89. The van der Waals surface area contributed by atoms with Gasteiger partial charge in [0.15, 0.2) is 0 Å². The summed E-state index contributed by atoms with van der Waals surface area (Å²) in [5, 5.41) is 12.1. The zero-order valence-corrected chi connectivity index (χ0v) is 8.52. The maximum atomic E-state index is 10.9. The van der Waals surface area contributed by atoms with Gasteiger partial charge in [-0.05, 0) is 24.8 Å². The number of hydrogen-bond donors (Lipinski definition) is 2. The fourth-order valence-corrected chi connectivity index (χ4v) is 2.08. The van der Waals surface area contributed by atoms with Crippen LogP contribution in [0.3, 0.4) is 0 Å². The van der Waals surface area contributed by atoms with Crippen LogP contribution in [-0.4, -0.2) is 17.1 Å². The standard InChI is InChI=1S/C12H15NO2/c14-12(15)11-8-4-7-10(13-11)9-5-2-1-3-6-9/h1-3,5-6,10-11,13H,4,7-8H2,(H,14,15)/t10-,11+/m1/s1. The van der Waals surface area contributed by atoms with E-state index in [-0.39, 0.29) is 12.1 Å². The summed E-state index contributed by atoms with van der Waals surface area (Å²) >= 11 is 0. The molecular weight excluding hydrogens is 190 g/mol. The lowest BCUT2D eigenvalue weighted by molar-refractivity contribution is -0.140. The van der Waals surface area contributed by atoms with Gasteiger partial charge in [-0.1, -0.05) is 30.3 Å². The summed E-state index contributed by atoms with van der Waals surface area (Å²) in [5.41, 5.74) is 1.18. The number of carboxylic acid groups (broad SMARTS) is 1. The summed E-state index contributed by atoms with van der Waals surface area (Å²) in [6.07, 6.45) is 2.73. The summed E-state index contributed by atoms with van der Waals surface area (Å²) in [6.45, 7) is 0. The second-order valence-electron chi connectivity index (χ2n) is 3.95. The molecule has 2 atom stereocenters. The van der Waals surface area contributed by atoms with E-state index in [0.717, 1.165) is 19.3 Å². The fraction of sp³-hybridized carbons (Fsp3) is 0.417. The molecule has 2 rings (SSSR count). The van der Waals surface area contributed by atoms with E-state index in [0.29, 0.717) is 0 Å². The van der Waals surface area contributed by atoms with Crippen molar-refractivity contribution in [3.63, 3.8) is 0 Å². The Kier molecular flexibility index (Phi) is 3.02. The number of rotatable bonds is 2. The Morgan fingerprint density at radius 1 is 1.27 bits per heavy atom. The third kappa shape index (κ3) is 2.36. The minimum atomic E-state index is -0.740. The van der Waals surface area contributed by atoms with Gasteiger partial charge in [0.2, 0.25) is 0 Å². The van der Waals surface area contributed by atoms with Crippen molar-refractivity contribution in [2.75, 3.05) is 0 Å². The van der Waals surface area contributed by atoms with E-state index in [4.69, 9.17) is 5.11 Å². The van der Waals surface area contributed by atoms with Crippen LogP contribution in [0.25, 0.3) is 0 Å². The van der Waals surface area contributed by atoms with Crippen LogP contribution in [0.5, 0.6) is 0 Å². The second-order valence-corrected chi connectivity index (χ2v) is 3.95. The molecule has 3 heteroatoms. The average molecular weight is 205 g/mol. The van der Waals surface area contributed by atoms with E-state index in [2.05, 4.69) is 5.32 Å². The van der Waals surface area contributed by atoms with E-state index in [1.165, 1.54) is 5.56 Å². The van der Waals surface area contributed by atoms with Crippen molar-refractivity contribution >= 4 is 5.97 Å². The largest absolute Gasteiger partial charge is 0.480 e. The van der Waals surface area contributed by atoms with Crippen LogP contribution in [0, 0.1) is 0 Å². The molecule has 0 aromatic heterocycles. The molecule has 1 fully saturated rings. The van der Waals surface area contributed by atoms with E-state index in [1.54, 1.807) is 0 Å². The second kappa shape index (κ2) is 4.45. The molecule has 1 heterocycles. The maximum Gasteiger partial charge on any atom is 0.320 e. The summed E-state index contributed by atoms with van der Waals surface area (Å²) < 4.78 is 0. The van der Waals surface area contributed by atoms with Crippen molar-refractivity contribution in [2.45, 2.75) is 31.3 Å². The number of hydrogen-bond acceptors (Lipinski definition) is 2. The number of piperidine rings is 1. The van der Waals surface area contributed by atoms with Crippen molar-refractivity contribution in [3.8, 4) is 0 Å². The highest BCUT2D eigenvalue weighted by Crippen LogP contribution is 2.25. The predicted octanol–water partition coefficient (Wildman–Crippen LogP) is 1.95. The van der Waals surface area contributed by atoms with Gasteiger partial charge in [-0.3, -0.25) is 10.1 Å². The van der Waals surface area contributed by atoms with Crippen molar-refractivity contribution in [1.82, 2.24) is 5.32 Å². The minimum Gasteiger partial charge on any atom is -0.480 e. The molecule has 0 radical (unpaired) electrons. The Balaban J connectivity index is 2.08. The van der Waals surface area contributed by atoms with Gasteiger partial charge >= 0.3 is 5.97 Å². The average Bonchev–Trinajstić information content (AvgIpc) is 2.30. The minimum absolute atomic E-state index is 0.195. The molecule has 0 saturated carbocycles. The van der Waals surface area contributed by atoms with Crippen LogP contribution < -0.4 is 5.32 Å². The first kappa shape index (κ1) is 10.2. The number of nitrogens with one attached hydrogen (secondary N) is 1. The number of benzene rings is 1. The van der Waals surface area contributed by atoms with Crippen LogP contribution in [0.2, 0.25) is 0 Å². The van der Waals surface area contributed by atoms with Crippen molar-refractivity contribution in [3.05, 3.63) is 35.9 Å². The number of carboxylic acids is 1. The van der Waals surface area contributed by atoms with Gasteiger partial charge < -0.3 is 5.11 Å². The quantitative estimate of drug-likeness (QED) is 0.776. The van der Waals surface area contributed by atoms with E-state index < -0.39 is 5.97 Å². The lowest BCUT2D eigenvalue weighted by Crippen LogP contribution is -2.42. The number of aliphatic carboxylic acids is 1. The lowest BCUT2D eigenvalue weighted by Gasteiger charge is -2.28. The highest BCUT2D eigenvalue weighted by molar-refractivity contribution is 5.73. The van der Waals surface area contributed by atoms with Gasteiger partial charge in [0.25, 0.3) is 0 Å². The molecule has 15 heavy (non-hydrogen) atoms. The van der Waals surface area contributed by atoms with Crippen LogP contribution >= 0.6 is 0 Å². The van der Waals surface area contributed by atoms with Gasteiger partial charge in [0.05, 0.1) is 0 Å². The summed E-state index contributed by atoms with van der Waals surface area (Å²) in [6, 6.07) is 9.85. The van der Waals surface area contributed by atoms with Crippen LogP contribution in [0.4, 0.5) is 0 Å². The molecule has 0 amide bonds. The first-order valence-electron chi connectivity index (χ1n) is 5.31. The Hall–Kier alpha value is -1.35. The normalized spacial score (nSPS) is 26.1. The van der Waals surface area contributed by atoms with Crippen molar-refractivity contribution in [2.24, 2.45) is 0 Å². The smallest absolute Gasteiger partial charge is 0.320 e. The maximum absolute atomic E-state index is 10.9. The van der Waals surface area contributed by atoms with Crippen LogP contribution in [-0.2, 0) is 4.79 Å². The summed E-state index contributed by atoms with van der Waals surface area (Å²) in [5.74, 6) is -0.740. The molecule has 1 aliphatic heterocycles. The Bertz CT molecular complexity index is 337. The predicted molar refractivity (Wildman–Crippen MR) is 57.6 cm³/mol. The Labute approximate surface area is 89.1 Å². The van der Waals surface area contributed by atoms with Crippen molar-refractivity contribution in [1.29, 1.82) is 0 Å². The molecule has 0 spiro atoms. The molecule has 1 aliphatic rings. The zero-order valence-electron chi connectivity index (χ0n) is 8.52. The molecule has 3 nitrogen and oxygen atoms in total. The topological polar surface area (TPSA) is 49.3 Å². The molecule has 0 aliphatic carbocycles. The number of carbonyl (C=O) groups is 1. The van der Waals surface area contributed by atoms with E-state index in [1.807, 2.05) is 30.3 Å². The Morgan fingerprint density at radius 3 is 2.67 bits per heavy atom. The molecule has 1 saturated heterocycles. The van der Waals surface area contributed by atoms with Crippen LogP contribution in [0.1, 0.15) is 30.9 Å². The SMILES string of the molecule is O=C(O)[C@@H]1CCC[C@H](c2ccccc2)N1.